The van der Waals surface area contributed by atoms with Gasteiger partial charge in [0.2, 0.25) is 0 Å². The Morgan fingerprint density at radius 3 is 2.83 bits per heavy atom. The highest BCUT2D eigenvalue weighted by Crippen LogP contribution is 2.42. The molecule has 0 fully saturated rings. The molecule has 0 saturated heterocycles. The smallest absolute Gasteiger partial charge is 0.162 e. The number of hydrogen-bond donors (Lipinski definition) is 1. The zero-order valence-corrected chi connectivity index (χ0v) is 11.5. The van der Waals surface area contributed by atoms with Crippen LogP contribution in [0.4, 0.5) is 0 Å². The Balaban J connectivity index is 1.99. The molecule has 1 aromatic carbocycles. The number of thioether (sulfide) groups is 1. The van der Waals surface area contributed by atoms with E-state index in [2.05, 4.69) is 24.4 Å². The van der Waals surface area contributed by atoms with Crippen LogP contribution in [0.15, 0.2) is 17.0 Å². The predicted octanol–water partition coefficient (Wildman–Crippen LogP) is 2.99. The molecule has 0 amide bonds. The average molecular weight is 265 g/mol. The summed E-state index contributed by atoms with van der Waals surface area (Å²) in [5.41, 5.74) is 1.38. The van der Waals surface area contributed by atoms with Crippen LogP contribution < -0.4 is 14.8 Å². The Kier molecular flexibility index (Phi) is 3.66. The topological polar surface area (TPSA) is 30.5 Å². The summed E-state index contributed by atoms with van der Waals surface area (Å²) in [4.78, 5) is 1.35. The van der Waals surface area contributed by atoms with Crippen molar-refractivity contribution in [1.29, 1.82) is 0 Å². The normalized spacial score (nSPS) is 22.2. The lowest BCUT2D eigenvalue weighted by atomic mass is 10.0. The van der Waals surface area contributed by atoms with Crippen molar-refractivity contribution >= 4 is 11.8 Å². The van der Waals surface area contributed by atoms with Gasteiger partial charge in [-0.05, 0) is 42.8 Å². The van der Waals surface area contributed by atoms with Gasteiger partial charge < -0.3 is 14.8 Å². The van der Waals surface area contributed by atoms with Gasteiger partial charge in [-0.1, -0.05) is 6.92 Å². The largest absolute Gasteiger partial charge is 0.486 e. The molecule has 0 spiro atoms. The van der Waals surface area contributed by atoms with E-state index >= 15 is 0 Å². The first-order valence-corrected chi connectivity index (χ1v) is 7.66. The van der Waals surface area contributed by atoms with E-state index in [1.165, 1.54) is 29.1 Å². The summed E-state index contributed by atoms with van der Waals surface area (Å²) < 4.78 is 11.4. The van der Waals surface area contributed by atoms with Crippen LogP contribution in [-0.2, 0) is 0 Å². The average Bonchev–Trinajstić information content (AvgIpc) is 2.59. The molecule has 3 rings (SSSR count). The van der Waals surface area contributed by atoms with E-state index < -0.39 is 0 Å². The summed E-state index contributed by atoms with van der Waals surface area (Å²) in [6.07, 6.45) is 2.46. The maximum Gasteiger partial charge on any atom is 0.162 e. The van der Waals surface area contributed by atoms with E-state index in [1.54, 1.807) is 0 Å². The first-order chi connectivity index (χ1) is 8.88. The summed E-state index contributed by atoms with van der Waals surface area (Å²) in [5.74, 6) is 3.00. The second-order valence-electron chi connectivity index (χ2n) is 4.63. The molecule has 0 saturated carbocycles. The highest BCUT2D eigenvalue weighted by molar-refractivity contribution is 7.99. The van der Waals surface area contributed by atoms with Gasteiger partial charge in [0.25, 0.3) is 0 Å². The fourth-order valence-electron chi connectivity index (χ4n) is 2.57. The maximum atomic E-state index is 5.69. The molecule has 1 unspecified atom stereocenters. The number of fused-ring (bicyclic) bond motifs is 2. The Morgan fingerprint density at radius 1 is 1.28 bits per heavy atom. The molecule has 2 aliphatic heterocycles. The van der Waals surface area contributed by atoms with E-state index in [1.807, 2.05) is 11.8 Å². The number of nitrogens with one attached hydrogen (secondary N) is 1. The fourth-order valence-corrected chi connectivity index (χ4v) is 3.66. The molecule has 1 N–H and O–H groups in total. The molecule has 18 heavy (non-hydrogen) atoms. The number of hydrogen-bond acceptors (Lipinski definition) is 4. The summed E-state index contributed by atoms with van der Waals surface area (Å²) in [7, 11) is 0. The van der Waals surface area contributed by atoms with E-state index in [9.17, 15) is 0 Å². The molecule has 2 aliphatic rings. The van der Waals surface area contributed by atoms with Crippen molar-refractivity contribution in [2.75, 3.05) is 25.5 Å². The van der Waals surface area contributed by atoms with Crippen molar-refractivity contribution in [2.24, 2.45) is 0 Å². The third-order valence-corrected chi connectivity index (χ3v) is 4.55. The van der Waals surface area contributed by atoms with Crippen molar-refractivity contribution in [3.05, 3.63) is 17.7 Å². The quantitative estimate of drug-likeness (QED) is 0.890. The second kappa shape index (κ2) is 5.41. The second-order valence-corrected chi connectivity index (χ2v) is 5.77. The van der Waals surface area contributed by atoms with Crippen LogP contribution in [0.5, 0.6) is 11.5 Å². The summed E-state index contributed by atoms with van der Waals surface area (Å²) in [5, 5.41) is 3.58. The van der Waals surface area contributed by atoms with Gasteiger partial charge in [0, 0.05) is 10.9 Å². The van der Waals surface area contributed by atoms with Crippen molar-refractivity contribution < 1.29 is 9.47 Å². The van der Waals surface area contributed by atoms with Crippen molar-refractivity contribution in [3.63, 3.8) is 0 Å². The first kappa shape index (κ1) is 12.2. The molecule has 1 atom stereocenters. The molecule has 0 radical (unpaired) electrons. The lowest BCUT2D eigenvalue weighted by molar-refractivity contribution is 0.170. The van der Waals surface area contributed by atoms with E-state index in [-0.39, 0.29) is 0 Å². The number of benzene rings is 1. The summed E-state index contributed by atoms with van der Waals surface area (Å²) in [6.45, 7) is 4.48. The van der Waals surface area contributed by atoms with E-state index in [0.717, 1.165) is 18.0 Å². The van der Waals surface area contributed by atoms with Crippen LogP contribution in [0.1, 0.15) is 31.4 Å². The van der Waals surface area contributed by atoms with Gasteiger partial charge in [-0.3, -0.25) is 0 Å². The third-order valence-electron chi connectivity index (χ3n) is 3.40. The van der Waals surface area contributed by atoms with Gasteiger partial charge in [0.05, 0.1) is 0 Å². The third kappa shape index (κ3) is 2.31. The lowest BCUT2D eigenvalue weighted by Gasteiger charge is -2.23. The molecule has 2 heterocycles. The molecule has 0 bridgehead atoms. The van der Waals surface area contributed by atoms with E-state index in [0.29, 0.717) is 19.3 Å². The minimum Gasteiger partial charge on any atom is -0.486 e. The van der Waals surface area contributed by atoms with Gasteiger partial charge in [0.15, 0.2) is 11.5 Å². The van der Waals surface area contributed by atoms with Crippen molar-refractivity contribution in [2.45, 2.75) is 30.7 Å². The molecular formula is C14H19NO2S. The van der Waals surface area contributed by atoms with Gasteiger partial charge in [0.1, 0.15) is 13.2 Å². The SMILES string of the molecule is CCNC1CCCSc2cc3c(cc21)OCCO3. The molecule has 0 aliphatic carbocycles. The number of rotatable bonds is 2. The molecule has 4 heteroatoms. The zero-order chi connectivity index (χ0) is 12.4. The van der Waals surface area contributed by atoms with E-state index in [4.69, 9.17) is 9.47 Å². The highest BCUT2D eigenvalue weighted by atomic mass is 32.2. The molecular weight excluding hydrogens is 246 g/mol. The van der Waals surface area contributed by atoms with Gasteiger partial charge in [-0.25, -0.2) is 0 Å². The summed E-state index contributed by atoms with van der Waals surface area (Å²) in [6, 6.07) is 4.79. The molecule has 0 aromatic heterocycles. The fraction of sp³-hybridized carbons (Fsp3) is 0.571. The minimum absolute atomic E-state index is 0.454. The Morgan fingerprint density at radius 2 is 2.06 bits per heavy atom. The van der Waals surface area contributed by atoms with Crippen LogP contribution in [0.2, 0.25) is 0 Å². The first-order valence-electron chi connectivity index (χ1n) is 6.68. The van der Waals surface area contributed by atoms with Gasteiger partial charge >= 0.3 is 0 Å². The van der Waals surface area contributed by atoms with Crippen molar-refractivity contribution in [3.8, 4) is 11.5 Å². The van der Waals surface area contributed by atoms with Crippen LogP contribution in [0.25, 0.3) is 0 Å². The molecule has 3 nitrogen and oxygen atoms in total. The Bertz CT molecular complexity index is 436. The molecule has 98 valence electrons. The van der Waals surface area contributed by atoms with Crippen LogP contribution in [-0.4, -0.2) is 25.5 Å². The monoisotopic (exact) mass is 265 g/mol. The highest BCUT2D eigenvalue weighted by Gasteiger charge is 2.23. The lowest BCUT2D eigenvalue weighted by Crippen LogP contribution is -2.22. The van der Waals surface area contributed by atoms with Crippen LogP contribution in [0.3, 0.4) is 0 Å². The minimum atomic E-state index is 0.454. The number of ether oxygens (including phenoxy) is 2. The Hall–Kier alpha value is -0.870. The van der Waals surface area contributed by atoms with Gasteiger partial charge in [-0.2, -0.15) is 0 Å². The standard InChI is InChI=1S/C14H19NO2S/c1-2-15-11-4-3-7-18-14-9-13-12(8-10(11)14)16-5-6-17-13/h8-9,11,15H,2-7H2,1H3. The van der Waals surface area contributed by atoms with Crippen LogP contribution in [0, 0.1) is 0 Å². The van der Waals surface area contributed by atoms with Crippen LogP contribution >= 0.6 is 11.8 Å². The molecule has 1 aromatic rings. The maximum absolute atomic E-state index is 5.69. The predicted molar refractivity (Wildman–Crippen MR) is 73.8 cm³/mol. The van der Waals surface area contributed by atoms with Gasteiger partial charge in [-0.15, -0.1) is 11.8 Å². The zero-order valence-electron chi connectivity index (χ0n) is 10.7. The Labute approximate surface area is 112 Å². The summed E-state index contributed by atoms with van der Waals surface area (Å²) >= 11 is 1.94. The van der Waals surface area contributed by atoms with Crippen molar-refractivity contribution in [1.82, 2.24) is 5.32 Å².